The number of benzene rings is 1. The third kappa shape index (κ3) is 4.99. The van der Waals surface area contributed by atoms with E-state index in [4.69, 9.17) is 5.11 Å². The summed E-state index contributed by atoms with van der Waals surface area (Å²) < 4.78 is 37.3. The summed E-state index contributed by atoms with van der Waals surface area (Å²) in [7, 11) is 0. The summed E-state index contributed by atoms with van der Waals surface area (Å²) >= 11 is 0. The number of amides is 1. The Hall–Kier alpha value is -2.05. The van der Waals surface area contributed by atoms with Crippen LogP contribution in [-0.4, -0.2) is 23.5 Å². The molecular weight excluding hydrogens is 263 g/mol. The van der Waals surface area contributed by atoms with E-state index in [0.29, 0.717) is 0 Å². The minimum Gasteiger partial charge on any atom is -0.481 e. The fourth-order valence-electron chi connectivity index (χ4n) is 1.38. The van der Waals surface area contributed by atoms with Crippen molar-refractivity contribution in [1.29, 1.82) is 0 Å². The van der Waals surface area contributed by atoms with Gasteiger partial charge in [0, 0.05) is 18.5 Å². The molecule has 19 heavy (non-hydrogen) atoms. The number of carbonyl (C=O) groups excluding carboxylic acids is 1. The van der Waals surface area contributed by atoms with Crippen molar-refractivity contribution < 1.29 is 27.9 Å². The van der Waals surface area contributed by atoms with Crippen LogP contribution in [0.25, 0.3) is 0 Å². The Morgan fingerprint density at radius 1 is 1.26 bits per heavy atom. The van der Waals surface area contributed by atoms with E-state index in [2.05, 4.69) is 5.32 Å². The monoisotopic (exact) mass is 275 g/mol. The van der Waals surface area contributed by atoms with Gasteiger partial charge in [0.05, 0.1) is 5.56 Å². The molecular formula is C12H12F3NO3. The van der Waals surface area contributed by atoms with Crippen molar-refractivity contribution in [1.82, 2.24) is 5.32 Å². The molecule has 0 saturated carbocycles. The Morgan fingerprint density at radius 3 is 2.53 bits per heavy atom. The van der Waals surface area contributed by atoms with E-state index in [9.17, 15) is 22.8 Å². The predicted octanol–water partition coefficient (Wildman–Crippen LogP) is 2.30. The number of aliphatic carboxylic acids is 1. The standard InChI is InChI=1S/C12H12F3NO3/c13-12(14,15)9-4-1-3-8(7-9)11(19)16-6-2-5-10(17)18/h1,3-4,7H,2,5-6H2,(H,16,19)(H,17,18). The van der Waals surface area contributed by atoms with Crippen LogP contribution in [0, 0.1) is 0 Å². The number of hydrogen-bond donors (Lipinski definition) is 2. The Morgan fingerprint density at radius 2 is 1.95 bits per heavy atom. The summed E-state index contributed by atoms with van der Waals surface area (Å²) in [5, 5.41) is 10.7. The quantitative estimate of drug-likeness (QED) is 0.810. The summed E-state index contributed by atoms with van der Waals surface area (Å²) in [4.78, 5) is 21.8. The number of rotatable bonds is 5. The van der Waals surface area contributed by atoms with E-state index < -0.39 is 23.6 Å². The first-order chi connectivity index (χ1) is 8.80. The third-order valence-corrected chi connectivity index (χ3v) is 2.31. The molecule has 0 aliphatic carbocycles. The van der Waals surface area contributed by atoms with E-state index >= 15 is 0 Å². The highest BCUT2D eigenvalue weighted by molar-refractivity contribution is 5.94. The molecule has 0 spiro atoms. The first-order valence-corrected chi connectivity index (χ1v) is 5.48. The largest absolute Gasteiger partial charge is 0.481 e. The normalized spacial score (nSPS) is 11.1. The fraction of sp³-hybridized carbons (Fsp3) is 0.333. The smallest absolute Gasteiger partial charge is 0.416 e. The number of hydrogen-bond acceptors (Lipinski definition) is 2. The van der Waals surface area contributed by atoms with E-state index in [1.165, 1.54) is 6.07 Å². The second-order valence-electron chi connectivity index (χ2n) is 3.83. The Balaban J connectivity index is 2.60. The molecule has 0 aliphatic heterocycles. The molecule has 0 saturated heterocycles. The van der Waals surface area contributed by atoms with Crippen LogP contribution in [0.4, 0.5) is 13.2 Å². The lowest BCUT2D eigenvalue weighted by Gasteiger charge is -2.09. The van der Waals surface area contributed by atoms with Gasteiger partial charge in [-0.15, -0.1) is 0 Å². The number of carbonyl (C=O) groups is 2. The molecule has 0 atom stereocenters. The summed E-state index contributed by atoms with van der Waals surface area (Å²) in [5.74, 6) is -1.65. The van der Waals surface area contributed by atoms with Gasteiger partial charge in [-0.05, 0) is 24.6 Å². The molecule has 1 aromatic carbocycles. The van der Waals surface area contributed by atoms with Crippen molar-refractivity contribution in [2.75, 3.05) is 6.54 Å². The lowest BCUT2D eigenvalue weighted by Crippen LogP contribution is -2.25. The fourth-order valence-corrected chi connectivity index (χ4v) is 1.38. The van der Waals surface area contributed by atoms with Gasteiger partial charge in [-0.2, -0.15) is 13.2 Å². The van der Waals surface area contributed by atoms with E-state index in [1.807, 2.05) is 0 Å². The maximum Gasteiger partial charge on any atom is 0.416 e. The molecule has 1 rings (SSSR count). The van der Waals surface area contributed by atoms with Crippen LogP contribution in [0.15, 0.2) is 24.3 Å². The van der Waals surface area contributed by atoms with Crippen molar-refractivity contribution >= 4 is 11.9 Å². The number of alkyl halides is 3. The van der Waals surface area contributed by atoms with E-state index in [1.54, 1.807) is 0 Å². The topological polar surface area (TPSA) is 66.4 Å². The maximum absolute atomic E-state index is 12.4. The van der Waals surface area contributed by atoms with Crippen molar-refractivity contribution in [3.63, 3.8) is 0 Å². The van der Waals surface area contributed by atoms with Crippen LogP contribution >= 0.6 is 0 Å². The molecule has 7 heteroatoms. The number of nitrogens with one attached hydrogen (secondary N) is 1. The molecule has 4 nitrogen and oxygen atoms in total. The first-order valence-electron chi connectivity index (χ1n) is 5.48. The van der Waals surface area contributed by atoms with E-state index in [0.717, 1.165) is 18.2 Å². The Labute approximate surface area is 107 Å². The Bertz CT molecular complexity index is 472. The van der Waals surface area contributed by atoms with Gasteiger partial charge < -0.3 is 10.4 Å². The number of carboxylic acids is 1. The van der Waals surface area contributed by atoms with Gasteiger partial charge in [0.25, 0.3) is 5.91 Å². The second kappa shape index (κ2) is 6.21. The van der Waals surface area contributed by atoms with Gasteiger partial charge in [0.1, 0.15) is 0 Å². The van der Waals surface area contributed by atoms with Crippen LogP contribution in [0.5, 0.6) is 0 Å². The van der Waals surface area contributed by atoms with Gasteiger partial charge in [-0.25, -0.2) is 0 Å². The van der Waals surface area contributed by atoms with Gasteiger partial charge >= 0.3 is 12.1 Å². The van der Waals surface area contributed by atoms with Crippen molar-refractivity contribution in [2.45, 2.75) is 19.0 Å². The summed E-state index contributed by atoms with van der Waals surface area (Å²) in [6.45, 7) is 0.0986. The molecule has 104 valence electrons. The zero-order valence-corrected chi connectivity index (χ0v) is 9.83. The lowest BCUT2D eigenvalue weighted by molar-refractivity contribution is -0.138. The molecule has 0 radical (unpaired) electrons. The van der Waals surface area contributed by atoms with Gasteiger partial charge in [0.15, 0.2) is 0 Å². The van der Waals surface area contributed by atoms with Crippen LogP contribution in [-0.2, 0) is 11.0 Å². The zero-order valence-electron chi connectivity index (χ0n) is 9.83. The summed E-state index contributed by atoms with van der Waals surface area (Å²) in [6, 6.07) is 4.05. The molecule has 0 bridgehead atoms. The van der Waals surface area contributed by atoms with Crippen molar-refractivity contribution in [2.24, 2.45) is 0 Å². The van der Waals surface area contributed by atoms with Gasteiger partial charge in [-0.3, -0.25) is 9.59 Å². The van der Waals surface area contributed by atoms with Crippen LogP contribution in [0.1, 0.15) is 28.8 Å². The summed E-state index contributed by atoms with van der Waals surface area (Å²) in [6.07, 6.45) is -4.39. The molecule has 1 aromatic rings. The van der Waals surface area contributed by atoms with Crippen molar-refractivity contribution in [3.8, 4) is 0 Å². The van der Waals surface area contributed by atoms with Crippen LogP contribution < -0.4 is 5.32 Å². The molecule has 0 fully saturated rings. The minimum atomic E-state index is -4.50. The van der Waals surface area contributed by atoms with E-state index in [-0.39, 0.29) is 24.9 Å². The molecule has 1 amide bonds. The van der Waals surface area contributed by atoms with Gasteiger partial charge in [0.2, 0.25) is 0 Å². The minimum absolute atomic E-state index is 0.0986. The van der Waals surface area contributed by atoms with Crippen LogP contribution in [0.3, 0.4) is 0 Å². The third-order valence-electron chi connectivity index (χ3n) is 2.31. The molecule has 0 unspecified atom stereocenters. The van der Waals surface area contributed by atoms with Gasteiger partial charge in [-0.1, -0.05) is 6.07 Å². The highest BCUT2D eigenvalue weighted by atomic mass is 19.4. The first kappa shape index (κ1) is 15.0. The predicted molar refractivity (Wildman–Crippen MR) is 60.6 cm³/mol. The second-order valence-corrected chi connectivity index (χ2v) is 3.83. The molecule has 2 N–H and O–H groups in total. The number of carboxylic acid groups (broad SMARTS) is 1. The average molecular weight is 275 g/mol. The van der Waals surface area contributed by atoms with Crippen LogP contribution in [0.2, 0.25) is 0 Å². The lowest BCUT2D eigenvalue weighted by atomic mass is 10.1. The zero-order chi connectivity index (χ0) is 14.5. The maximum atomic E-state index is 12.4. The highest BCUT2D eigenvalue weighted by Crippen LogP contribution is 2.29. The van der Waals surface area contributed by atoms with Crippen molar-refractivity contribution in [3.05, 3.63) is 35.4 Å². The molecule has 0 aliphatic rings. The SMILES string of the molecule is O=C(O)CCCNC(=O)c1cccc(C(F)(F)F)c1. The Kier molecular flexibility index (Phi) is 4.91. The summed E-state index contributed by atoms with van der Waals surface area (Å²) in [5.41, 5.74) is -1.00. The highest BCUT2D eigenvalue weighted by Gasteiger charge is 2.30. The molecule has 0 heterocycles. The molecule has 0 aromatic heterocycles. The average Bonchev–Trinajstić information content (AvgIpc) is 2.33. The number of halogens is 3.